The second kappa shape index (κ2) is 7.73. The van der Waals surface area contributed by atoms with Gasteiger partial charge in [0.15, 0.2) is 17.7 Å². The summed E-state index contributed by atoms with van der Waals surface area (Å²) >= 11 is 0. The predicted octanol–water partition coefficient (Wildman–Crippen LogP) is 3.76. The topological polar surface area (TPSA) is 73.9 Å². The van der Waals surface area contributed by atoms with Gasteiger partial charge in [-0.15, -0.1) is 0 Å². The maximum atomic E-state index is 14.2. The Balaban J connectivity index is 1.62. The maximum Gasteiger partial charge on any atom is 0.254 e. The van der Waals surface area contributed by atoms with Gasteiger partial charge in [-0.1, -0.05) is 43.3 Å². The molecule has 142 valence electrons. The first kappa shape index (κ1) is 18.8. The molecular weight excluding hydrogens is 354 g/mol. The number of halogens is 2. The van der Waals surface area contributed by atoms with Crippen molar-refractivity contribution in [1.82, 2.24) is 0 Å². The molecule has 0 radical (unpaired) electrons. The Kier molecular flexibility index (Phi) is 5.39. The summed E-state index contributed by atoms with van der Waals surface area (Å²) in [5.41, 5.74) is 7.14. The molecule has 0 bridgehead atoms. The molecule has 2 aromatic carbocycles. The number of ether oxygens (including phenoxy) is 1. The summed E-state index contributed by atoms with van der Waals surface area (Å²) in [6.07, 6.45) is 0.0817. The van der Waals surface area contributed by atoms with Crippen molar-refractivity contribution in [3.05, 3.63) is 64.7 Å². The highest BCUT2D eigenvalue weighted by Gasteiger charge is 2.25. The molecule has 1 aliphatic heterocycles. The number of oxime groups is 1. The van der Waals surface area contributed by atoms with E-state index in [1.165, 1.54) is 5.56 Å². The lowest BCUT2D eigenvalue weighted by atomic mass is 9.99. The molecule has 2 aromatic rings. The monoisotopic (exact) mass is 374 g/mol. The molecule has 1 aliphatic rings. The third-order valence-electron chi connectivity index (χ3n) is 4.37. The van der Waals surface area contributed by atoms with Crippen molar-refractivity contribution in [2.24, 2.45) is 10.9 Å². The van der Waals surface area contributed by atoms with Crippen LogP contribution in [-0.2, 0) is 4.84 Å². The molecule has 0 spiro atoms. The first-order valence-corrected chi connectivity index (χ1v) is 8.60. The Hall–Kier alpha value is -2.96. The maximum absolute atomic E-state index is 14.2. The number of hydrogen-bond donors (Lipinski definition) is 1. The Bertz CT molecular complexity index is 880. The minimum absolute atomic E-state index is 0.00215. The van der Waals surface area contributed by atoms with Crippen LogP contribution in [-0.4, -0.2) is 24.3 Å². The molecule has 5 nitrogen and oxygen atoms in total. The summed E-state index contributed by atoms with van der Waals surface area (Å²) in [7, 11) is 0. The number of nitrogens with zero attached hydrogens (tertiary/aromatic N) is 1. The van der Waals surface area contributed by atoms with E-state index in [1.54, 1.807) is 0 Å². The summed E-state index contributed by atoms with van der Waals surface area (Å²) in [4.78, 5) is 16.5. The van der Waals surface area contributed by atoms with Crippen LogP contribution in [0.25, 0.3) is 0 Å². The van der Waals surface area contributed by atoms with Gasteiger partial charge >= 0.3 is 0 Å². The fourth-order valence-corrected chi connectivity index (χ4v) is 2.80. The highest BCUT2D eigenvalue weighted by atomic mass is 19.1. The SMILES string of the molecule is CC(C)c1ccc(C2=NOC(COc3ccc(F)c(C(N)=O)c3F)C2)cc1. The van der Waals surface area contributed by atoms with Gasteiger partial charge in [0.25, 0.3) is 5.91 Å². The molecule has 1 unspecified atom stereocenters. The fraction of sp³-hybridized carbons (Fsp3) is 0.300. The van der Waals surface area contributed by atoms with Crippen molar-refractivity contribution in [3.63, 3.8) is 0 Å². The van der Waals surface area contributed by atoms with Gasteiger partial charge in [0.05, 0.1) is 5.71 Å². The van der Waals surface area contributed by atoms with Gasteiger partial charge in [-0.3, -0.25) is 4.79 Å². The van der Waals surface area contributed by atoms with Crippen molar-refractivity contribution in [2.75, 3.05) is 6.61 Å². The zero-order valence-electron chi connectivity index (χ0n) is 15.0. The van der Waals surface area contributed by atoms with Gasteiger partial charge in [-0.25, -0.2) is 8.78 Å². The molecule has 27 heavy (non-hydrogen) atoms. The second-order valence-electron chi connectivity index (χ2n) is 6.66. The van der Waals surface area contributed by atoms with E-state index in [0.717, 1.165) is 23.4 Å². The third-order valence-corrected chi connectivity index (χ3v) is 4.37. The highest BCUT2D eigenvalue weighted by Crippen LogP contribution is 2.25. The van der Waals surface area contributed by atoms with E-state index in [-0.39, 0.29) is 12.4 Å². The van der Waals surface area contributed by atoms with E-state index >= 15 is 0 Å². The largest absolute Gasteiger partial charge is 0.486 e. The number of rotatable bonds is 6. The molecule has 7 heteroatoms. The quantitative estimate of drug-likeness (QED) is 0.837. The third kappa shape index (κ3) is 4.07. The van der Waals surface area contributed by atoms with Crippen LogP contribution < -0.4 is 10.5 Å². The normalized spacial score (nSPS) is 16.2. The van der Waals surface area contributed by atoms with Crippen molar-refractivity contribution < 1.29 is 23.1 Å². The van der Waals surface area contributed by atoms with E-state index in [2.05, 4.69) is 19.0 Å². The van der Waals surface area contributed by atoms with E-state index in [1.807, 2.05) is 24.3 Å². The summed E-state index contributed by atoms with van der Waals surface area (Å²) in [5.74, 6) is -3.16. The van der Waals surface area contributed by atoms with E-state index in [0.29, 0.717) is 12.3 Å². The lowest BCUT2D eigenvalue weighted by Gasteiger charge is -2.12. The lowest BCUT2D eigenvalue weighted by molar-refractivity contribution is 0.0458. The van der Waals surface area contributed by atoms with Crippen LogP contribution in [0.4, 0.5) is 8.78 Å². The molecule has 1 amide bonds. The zero-order valence-corrected chi connectivity index (χ0v) is 15.0. The van der Waals surface area contributed by atoms with Crippen LogP contribution in [0.3, 0.4) is 0 Å². The summed E-state index contributed by atoms with van der Waals surface area (Å²) in [6, 6.07) is 10.1. The molecule has 0 saturated carbocycles. The first-order valence-electron chi connectivity index (χ1n) is 8.60. The Morgan fingerprint density at radius 1 is 1.26 bits per heavy atom. The standard InChI is InChI=1S/C20H20F2N2O3/c1-11(2)12-3-5-13(6-4-12)16-9-14(27-24-16)10-26-17-8-7-15(21)18(19(17)22)20(23)25/h3-8,11,14H,9-10H2,1-2H3,(H2,23,25). The van der Waals surface area contributed by atoms with Gasteiger partial charge < -0.3 is 15.3 Å². The number of hydrogen-bond acceptors (Lipinski definition) is 4. The van der Waals surface area contributed by atoms with Crippen molar-refractivity contribution in [3.8, 4) is 5.75 Å². The number of carbonyl (C=O) groups excluding carboxylic acids is 1. The van der Waals surface area contributed by atoms with Gasteiger partial charge in [0, 0.05) is 6.42 Å². The van der Waals surface area contributed by atoms with Crippen molar-refractivity contribution in [2.45, 2.75) is 32.3 Å². The number of nitrogens with two attached hydrogens (primary N) is 1. The second-order valence-corrected chi connectivity index (χ2v) is 6.66. The molecule has 0 saturated heterocycles. The number of benzene rings is 2. The van der Waals surface area contributed by atoms with E-state index in [9.17, 15) is 13.6 Å². The fourth-order valence-electron chi connectivity index (χ4n) is 2.80. The lowest BCUT2D eigenvalue weighted by Crippen LogP contribution is -2.20. The molecule has 3 rings (SSSR count). The minimum atomic E-state index is -1.19. The summed E-state index contributed by atoms with van der Waals surface area (Å²) in [6.45, 7) is 4.24. The molecule has 2 N–H and O–H groups in total. The first-order chi connectivity index (χ1) is 12.9. The molecule has 0 aliphatic carbocycles. The zero-order chi connectivity index (χ0) is 19.6. The Labute approximate surface area is 155 Å². The molecule has 0 aromatic heterocycles. The average molecular weight is 374 g/mol. The highest BCUT2D eigenvalue weighted by molar-refractivity contribution is 6.01. The van der Waals surface area contributed by atoms with Crippen LogP contribution in [0.15, 0.2) is 41.6 Å². The van der Waals surface area contributed by atoms with E-state index in [4.69, 9.17) is 15.3 Å². The van der Waals surface area contributed by atoms with Gasteiger partial charge in [-0.2, -0.15) is 0 Å². The van der Waals surface area contributed by atoms with Crippen molar-refractivity contribution >= 4 is 11.6 Å². The van der Waals surface area contributed by atoms with Crippen LogP contribution in [0.5, 0.6) is 5.75 Å². The van der Waals surface area contributed by atoms with Crippen LogP contribution in [0.2, 0.25) is 0 Å². The molecule has 1 heterocycles. The average Bonchev–Trinajstić information content (AvgIpc) is 3.10. The van der Waals surface area contributed by atoms with Crippen LogP contribution in [0, 0.1) is 11.6 Å². The van der Waals surface area contributed by atoms with E-state index < -0.39 is 29.2 Å². The predicted molar refractivity (Wildman–Crippen MR) is 96.9 cm³/mol. The van der Waals surface area contributed by atoms with Crippen LogP contribution in [0.1, 0.15) is 47.7 Å². The number of carbonyl (C=O) groups is 1. The van der Waals surface area contributed by atoms with Crippen molar-refractivity contribution in [1.29, 1.82) is 0 Å². The molecular formula is C20H20F2N2O3. The van der Waals surface area contributed by atoms with Gasteiger partial charge in [0.1, 0.15) is 18.0 Å². The Morgan fingerprint density at radius 3 is 2.59 bits per heavy atom. The smallest absolute Gasteiger partial charge is 0.254 e. The number of amides is 1. The summed E-state index contributed by atoms with van der Waals surface area (Å²) < 4.78 is 33.0. The van der Waals surface area contributed by atoms with Gasteiger partial charge in [-0.05, 0) is 29.2 Å². The van der Waals surface area contributed by atoms with Gasteiger partial charge in [0.2, 0.25) is 0 Å². The molecule has 1 atom stereocenters. The summed E-state index contributed by atoms with van der Waals surface area (Å²) in [5, 5.41) is 4.07. The molecule has 0 fully saturated rings. The number of primary amides is 1. The van der Waals surface area contributed by atoms with Crippen LogP contribution >= 0.6 is 0 Å². The minimum Gasteiger partial charge on any atom is -0.486 e. The Morgan fingerprint density at radius 2 is 1.96 bits per heavy atom.